The molecule has 0 bridgehead atoms. The first-order valence-electron chi connectivity index (χ1n) is 10.9. The Bertz CT molecular complexity index is 272. The Morgan fingerprint density at radius 1 is 0.652 bits per heavy atom. The van der Waals surface area contributed by atoms with Crippen LogP contribution in [0.15, 0.2) is 0 Å². The van der Waals surface area contributed by atoms with Crippen molar-refractivity contribution >= 4 is 0 Å². The maximum atomic E-state index is 6.16. The highest BCUT2D eigenvalue weighted by atomic mass is 16.5. The first-order valence-corrected chi connectivity index (χ1v) is 10.9. The van der Waals surface area contributed by atoms with Crippen LogP contribution in [0.1, 0.15) is 110 Å². The topological polar surface area (TPSA) is 9.23 Å². The smallest absolute Gasteiger partial charge is 0.0575 e. The molecule has 2 aliphatic carbocycles. The molecule has 23 heavy (non-hydrogen) atoms. The van der Waals surface area contributed by atoms with Gasteiger partial charge in [0, 0.05) is 6.61 Å². The number of hydrogen-bond donors (Lipinski definition) is 0. The fourth-order valence-corrected chi connectivity index (χ4v) is 4.79. The van der Waals surface area contributed by atoms with Crippen LogP contribution in [0.3, 0.4) is 0 Å². The fourth-order valence-electron chi connectivity index (χ4n) is 4.79. The summed E-state index contributed by atoms with van der Waals surface area (Å²) in [6.45, 7) is 5.74. The van der Waals surface area contributed by atoms with Crippen molar-refractivity contribution < 1.29 is 4.74 Å². The van der Waals surface area contributed by atoms with E-state index in [1.54, 1.807) is 0 Å². The zero-order valence-electron chi connectivity index (χ0n) is 16.0. The SMILES string of the molecule is CCCCCCCCCO[C@H]1CC[C@H]([C@H]2CC[C@H](C)CC2)CC1. The maximum absolute atomic E-state index is 6.16. The predicted molar refractivity (Wildman–Crippen MR) is 101 cm³/mol. The lowest BCUT2D eigenvalue weighted by molar-refractivity contribution is 0.00563. The van der Waals surface area contributed by atoms with E-state index >= 15 is 0 Å². The molecule has 2 saturated carbocycles. The summed E-state index contributed by atoms with van der Waals surface area (Å²) >= 11 is 0. The van der Waals surface area contributed by atoms with Gasteiger partial charge in [-0.2, -0.15) is 0 Å². The summed E-state index contributed by atoms with van der Waals surface area (Å²) in [6, 6.07) is 0. The summed E-state index contributed by atoms with van der Waals surface area (Å²) in [5.41, 5.74) is 0. The molecule has 0 spiro atoms. The van der Waals surface area contributed by atoms with Gasteiger partial charge in [-0.1, -0.05) is 65.2 Å². The zero-order chi connectivity index (χ0) is 16.3. The van der Waals surface area contributed by atoms with Crippen LogP contribution in [0.2, 0.25) is 0 Å². The van der Waals surface area contributed by atoms with Crippen molar-refractivity contribution in [1.82, 2.24) is 0 Å². The van der Waals surface area contributed by atoms with Gasteiger partial charge < -0.3 is 4.74 Å². The maximum Gasteiger partial charge on any atom is 0.0575 e. The molecule has 2 rings (SSSR count). The van der Waals surface area contributed by atoms with Gasteiger partial charge in [0.2, 0.25) is 0 Å². The van der Waals surface area contributed by atoms with Crippen molar-refractivity contribution in [3.05, 3.63) is 0 Å². The summed E-state index contributed by atoms with van der Waals surface area (Å²) in [5.74, 6) is 3.07. The molecule has 0 heterocycles. The van der Waals surface area contributed by atoms with Crippen molar-refractivity contribution in [2.45, 2.75) is 116 Å². The molecule has 0 unspecified atom stereocenters. The highest BCUT2D eigenvalue weighted by molar-refractivity contribution is 4.81. The van der Waals surface area contributed by atoms with Gasteiger partial charge in [-0.25, -0.2) is 0 Å². The third-order valence-corrected chi connectivity index (χ3v) is 6.55. The molecule has 0 aromatic rings. The highest BCUT2D eigenvalue weighted by Crippen LogP contribution is 2.40. The average molecular weight is 323 g/mol. The van der Waals surface area contributed by atoms with Gasteiger partial charge in [0.05, 0.1) is 6.10 Å². The zero-order valence-corrected chi connectivity index (χ0v) is 16.0. The van der Waals surface area contributed by atoms with Crippen molar-refractivity contribution in [3.8, 4) is 0 Å². The van der Waals surface area contributed by atoms with Gasteiger partial charge in [0.25, 0.3) is 0 Å². The number of hydrogen-bond acceptors (Lipinski definition) is 1. The first-order chi connectivity index (χ1) is 11.3. The lowest BCUT2D eigenvalue weighted by Crippen LogP contribution is -2.28. The molecule has 0 saturated heterocycles. The van der Waals surface area contributed by atoms with Crippen LogP contribution >= 0.6 is 0 Å². The molecule has 1 nitrogen and oxygen atoms in total. The Balaban J connectivity index is 1.45. The first kappa shape index (κ1) is 19.3. The Labute approximate surface area is 146 Å². The van der Waals surface area contributed by atoms with Gasteiger partial charge in [-0.05, 0) is 62.7 Å². The quantitative estimate of drug-likeness (QED) is 0.388. The van der Waals surface area contributed by atoms with E-state index in [0.29, 0.717) is 6.10 Å². The van der Waals surface area contributed by atoms with Crippen molar-refractivity contribution in [3.63, 3.8) is 0 Å². The summed E-state index contributed by atoms with van der Waals surface area (Å²) in [7, 11) is 0. The van der Waals surface area contributed by atoms with Crippen LogP contribution in [0.5, 0.6) is 0 Å². The second-order valence-electron chi connectivity index (χ2n) is 8.55. The standard InChI is InChI=1S/C22H42O/c1-3-4-5-6-7-8-9-18-23-22-16-14-21(15-17-22)20-12-10-19(2)11-13-20/h19-22H,3-18H2,1-2H3/t19-,20-,21-,22-. The minimum Gasteiger partial charge on any atom is -0.378 e. The lowest BCUT2D eigenvalue weighted by Gasteiger charge is -2.37. The summed E-state index contributed by atoms with van der Waals surface area (Å²) in [5, 5.41) is 0. The van der Waals surface area contributed by atoms with E-state index in [4.69, 9.17) is 4.74 Å². The molecule has 1 heteroatoms. The van der Waals surface area contributed by atoms with Gasteiger partial charge in [-0.3, -0.25) is 0 Å². The van der Waals surface area contributed by atoms with E-state index < -0.39 is 0 Å². The minimum absolute atomic E-state index is 0.592. The highest BCUT2D eigenvalue weighted by Gasteiger charge is 2.30. The molecule has 0 aromatic heterocycles. The molecule has 0 amide bonds. The molecule has 0 aromatic carbocycles. The van der Waals surface area contributed by atoms with Crippen LogP contribution in [0.4, 0.5) is 0 Å². The third-order valence-electron chi connectivity index (χ3n) is 6.55. The minimum atomic E-state index is 0.592. The molecule has 2 fully saturated rings. The van der Waals surface area contributed by atoms with E-state index in [0.717, 1.165) is 24.4 Å². The van der Waals surface area contributed by atoms with Crippen LogP contribution in [0.25, 0.3) is 0 Å². The van der Waals surface area contributed by atoms with Crippen molar-refractivity contribution in [1.29, 1.82) is 0 Å². The van der Waals surface area contributed by atoms with E-state index in [-0.39, 0.29) is 0 Å². The van der Waals surface area contributed by atoms with Gasteiger partial charge in [0.1, 0.15) is 0 Å². The second-order valence-corrected chi connectivity index (χ2v) is 8.55. The normalized spacial score (nSPS) is 32.1. The fraction of sp³-hybridized carbons (Fsp3) is 1.00. The van der Waals surface area contributed by atoms with Crippen LogP contribution in [-0.4, -0.2) is 12.7 Å². The summed E-state index contributed by atoms with van der Waals surface area (Å²) < 4.78 is 6.16. The van der Waals surface area contributed by atoms with E-state index in [1.807, 2.05) is 0 Å². The van der Waals surface area contributed by atoms with Crippen molar-refractivity contribution in [2.75, 3.05) is 6.61 Å². The molecular weight excluding hydrogens is 280 g/mol. The Morgan fingerprint density at radius 3 is 1.78 bits per heavy atom. The molecule has 136 valence electrons. The number of ether oxygens (including phenoxy) is 1. The van der Waals surface area contributed by atoms with Crippen LogP contribution < -0.4 is 0 Å². The van der Waals surface area contributed by atoms with E-state index in [2.05, 4.69) is 13.8 Å². The molecule has 0 aliphatic heterocycles. The van der Waals surface area contributed by atoms with Gasteiger partial charge in [-0.15, -0.1) is 0 Å². The molecule has 0 N–H and O–H groups in total. The van der Waals surface area contributed by atoms with Gasteiger partial charge in [0.15, 0.2) is 0 Å². The Morgan fingerprint density at radius 2 is 1.17 bits per heavy atom. The Kier molecular flexibility index (Phi) is 9.65. The van der Waals surface area contributed by atoms with Gasteiger partial charge >= 0.3 is 0 Å². The Hall–Kier alpha value is -0.0400. The molecule has 0 atom stereocenters. The van der Waals surface area contributed by atoms with E-state index in [1.165, 1.54) is 96.3 Å². The predicted octanol–water partition coefficient (Wildman–Crippen LogP) is 7.14. The van der Waals surface area contributed by atoms with Crippen LogP contribution in [0, 0.1) is 17.8 Å². The van der Waals surface area contributed by atoms with Crippen LogP contribution in [-0.2, 0) is 4.74 Å². The molecular formula is C22H42O. The van der Waals surface area contributed by atoms with E-state index in [9.17, 15) is 0 Å². The average Bonchev–Trinajstić information content (AvgIpc) is 2.59. The summed E-state index contributed by atoms with van der Waals surface area (Å²) in [6.07, 6.45) is 21.9. The largest absolute Gasteiger partial charge is 0.378 e. The second kappa shape index (κ2) is 11.5. The number of rotatable bonds is 10. The monoisotopic (exact) mass is 322 g/mol. The summed E-state index contributed by atoms with van der Waals surface area (Å²) in [4.78, 5) is 0. The third kappa shape index (κ3) is 7.59. The number of unbranched alkanes of at least 4 members (excludes halogenated alkanes) is 6. The molecule has 0 radical (unpaired) electrons. The van der Waals surface area contributed by atoms with Crippen molar-refractivity contribution in [2.24, 2.45) is 17.8 Å². The molecule has 2 aliphatic rings. The lowest BCUT2D eigenvalue weighted by atomic mass is 9.71.